The summed E-state index contributed by atoms with van der Waals surface area (Å²) < 4.78 is 44.4. The third kappa shape index (κ3) is 6.06. The maximum absolute atomic E-state index is 13.8. The number of rotatable bonds is 9. The molecule has 3 heterocycles. The number of piperidine rings is 1. The van der Waals surface area contributed by atoms with Crippen LogP contribution in [0.15, 0.2) is 59.6 Å². The molecule has 2 aromatic heterocycles. The molecule has 1 aromatic carbocycles. The van der Waals surface area contributed by atoms with Crippen LogP contribution in [0.25, 0.3) is 11.3 Å². The lowest BCUT2D eigenvalue weighted by atomic mass is 9.75. The van der Waals surface area contributed by atoms with E-state index in [4.69, 9.17) is 0 Å². The molecular weight excluding hydrogens is 513 g/mol. The van der Waals surface area contributed by atoms with Crippen molar-refractivity contribution in [3.8, 4) is 11.3 Å². The Balaban J connectivity index is 1.51. The summed E-state index contributed by atoms with van der Waals surface area (Å²) in [6.45, 7) is 5.10. The van der Waals surface area contributed by atoms with E-state index >= 15 is 0 Å². The monoisotopic (exact) mass is 544 g/mol. The van der Waals surface area contributed by atoms with Gasteiger partial charge in [0.15, 0.2) is 0 Å². The number of halogens is 3. The van der Waals surface area contributed by atoms with Gasteiger partial charge >= 0.3 is 12.1 Å². The average molecular weight is 545 g/mol. The average Bonchev–Trinajstić information content (AvgIpc) is 2.92. The second-order valence-electron chi connectivity index (χ2n) is 9.46. The zero-order valence-corrected chi connectivity index (χ0v) is 22.2. The molecule has 1 fully saturated rings. The molecule has 3 aromatic rings. The van der Waals surface area contributed by atoms with Crippen LogP contribution in [0.2, 0.25) is 0 Å². The van der Waals surface area contributed by atoms with Gasteiger partial charge in [0.05, 0.1) is 16.7 Å². The summed E-state index contributed by atoms with van der Waals surface area (Å²) in [7, 11) is 0. The van der Waals surface area contributed by atoms with Crippen LogP contribution in [-0.4, -0.2) is 34.1 Å². The number of hydrogen-bond acceptors (Lipinski definition) is 6. The van der Waals surface area contributed by atoms with Crippen molar-refractivity contribution >= 4 is 29.6 Å². The quantitative estimate of drug-likeness (QED) is 0.273. The minimum Gasteiger partial charge on any atom is -0.481 e. The number of hydrogen-bond donors (Lipinski definition) is 2. The predicted molar refractivity (Wildman–Crippen MR) is 144 cm³/mol. The summed E-state index contributed by atoms with van der Waals surface area (Å²) in [5.74, 6) is 0.301. The Labute approximate surface area is 224 Å². The predicted octanol–water partition coefficient (Wildman–Crippen LogP) is 7.32. The van der Waals surface area contributed by atoms with Crippen LogP contribution in [0.1, 0.15) is 50.7 Å². The standard InChI is InChI=1S/C28H31F3N4O2S/c1-3-14-27(26(36)37)15-17-35(18-16-27)23-10-7-11-24(33-23)38-34-22-13-12-21(28(29,30)31)25(32-22)20-9-6-5-8-19(20)4-2/h5-13H,3-4,14-18H2,1-2H3,(H,32,34)(H,36,37). The molecule has 0 atom stereocenters. The minimum absolute atomic E-state index is 0.107. The van der Waals surface area contributed by atoms with E-state index in [1.54, 1.807) is 24.3 Å². The molecule has 0 bridgehead atoms. The van der Waals surface area contributed by atoms with Crippen molar-refractivity contribution in [3.63, 3.8) is 0 Å². The van der Waals surface area contributed by atoms with Gasteiger partial charge in [-0.15, -0.1) is 0 Å². The van der Waals surface area contributed by atoms with Gasteiger partial charge in [0, 0.05) is 30.6 Å². The van der Waals surface area contributed by atoms with Crippen molar-refractivity contribution < 1.29 is 23.1 Å². The van der Waals surface area contributed by atoms with Gasteiger partial charge in [-0.05, 0) is 55.5 Å². The first-order chi connectivity index (χ1) is 18.2. The molecule has 0 saturated carbocycles. The van der Waals surface area contributed by atoms with Crippen LogP contribution in [0.5, 0.6) is 0 Å². The van der Waals surface area contributed by atoms with E-state index in [2.05, 4.69) is 19.6 Å². The molecule has 1 aliphatic heterocycles. The fourth-order valence-electron chi connectivity index (χ4n) is 4.96. The maximum atomic E-state index is 13.8. The Morgan fingerprint density at radius 1 is 1.05 bits per heavy atom. The number of aromatic nitrogens is 2. The van der Waals surface area contributed by atoms with Gasteiger partial charge in [0.1, 0.15) is 16.7 Å². The second-order valence-corrected chi connectivity index (χ2v) is 10.3. The van der Waals surface area contributed by atoms with E-state index in [0.717, 1.165) is 23.9 Å². The SMILES string of the molecule is CCCC1(C(=O)O)CCN(c2cccc(SNc3ccc(C(F)(F)F)c(-c4ccccc4CC)n3)n2)CC1. The molecule has 4 rings (SSSR count). The Morgan fingerprint density at radius 3 is 2.45 bits per heavy atom. The van der Waals surface area contributed by atoms with Crippen molar-refractivity contribution in [2.24, 2.45) is 5.41 Å². The number of carboxylic acids is 1. The van der Waals surface area contributed by atoms with Crippen LogP contribution < -0.4 is 9.62 Å². The van der Waals surface area contributed by atoms with Gasteiger partial charge < -0.3 is 14.7 Å². The molecule has 202 valence electrons. The maximum Gasteiger partial charge on any atom is 0.418 e. The highest BCUT2D eigenvalue weighted by molar-refractivity contribution is 8.00. The Hall–Kier alpha value is -3.27. The van der Waals surface area contributed by atoms with E-state index < -0.39 is 23.1 Å². The lowest BCUT2D eigenvalue weighted by molar-refractivity contribution is -0.151. The molecule has 0 spiro atoms. The molecule has 38 heavy (non-hydrogen) atoms. The number of aliphatic carboxylic acids is 1. The molecule has 6 nitrogen and oxygen atoms in total. The van der Waals surface area contributed by atoms with Crippen molar-refractivity contribution in [1.29, 1.82) is 0 Å². The molecule has 2 N–H and O–H groups in total. The number of carbonyl (C=O) groups is 1. The summed E-state index contributed by atoms with van der Waals surface area (Å²) in [6.07, 6.45) is -1.34. The van der Waals surface area contributed by atoms with Crippen molar-refractivity contribution in [3.05, 3.63) is 65.7 Å². The van der Waals surface area contributed by atoms with Crippen LogP contribution >= 0.6 is 11.9 Å². The van der Waals surface area contributed by atoms with Crippen LogP contribution in [0.3, 0.4) is 0 Å². The number of carboxylic acid groups (broad SMARTS) is 1. The molecular formula is C28H31F3N4O2S. The van der Waals surface area contributed by atoms with Crippen LogP contribution in [-0.2, 0) is 17.4 Å². The van der Waals surface area contributed by atoms with Gasteiger partial charge in [-0.25, -0.2) is 9.97 Å². The summed E-state index contributed by atoms with van der Waals surface area (Å²) in [5, 5.41) is 10.4. The first-order valence-corrected chi connectivity index (χ1v) is 13.5. The Kier molecular flexibility index (Phi) is 8.50. The van der Waals surface area contributed by atoms with Crippen LogP contribution in [0, 0.1) is 5.41 Å². The lowest BCUT2D eigenvalue weighted by Crippen LogP contribution is -2.44. The second kappa shape index (κ2) is 11.6. The summed E-state index contributed by atoms with van der Waals surface area (Å²) >= 11 is 1.17. The van der Waals surface area contributed by atoms with E-state index in [0.29, 0.717) is 55.2 Å². The zero-order valence-electron chi connectivity index (χ0n) is 21.4. The fraction of sp³-hybridized carbons (Fsp3) is 0.393. The van der Waals surface area contributed by atoms with Gasteiger partial charge in [0.25, 0.3) is 0 Å². The lowest BCUT2D eigenvalue weighted by Gasteiger charge is -2.39. The highest BCUT2D eigenvalue weighted by Crippen LogP contribution is 2.39. The number of alkyl halides is 3. The normalized spacial score (nSPS) is 15.3. The summed E-state index contributed by atoms with van der Waals surface area (Å²) in [4.78, 5) is 23.0. The smallest absolute Gasteiger partial charge is 0.418 e. The van der Waals surface area contributed by atoms with Crippen molar-refractivity contribution in [1.82, 2.24) is 9.97 Å². The first kappa shape index (κ1) is 27.8. The van der Waals surface area contributed by atoms with E-state index in [1.165, 1.54) is 18.0 Å². The molecule has 1 aliphatic rings. The van der Waals surface area contributed by atoms with Gasteiger partial charge in [-0.3, -0.25) is 4.79 Å². The van der Waals surface area contributed by atoms with Gasteiger partial charge in [-0.2, -0.15) is 13.2 Å². The Morgan fingerprint density at radius 2 is 1.79 bits per heavy atom. The van der Waals surface area contributed by atoms with Crippen molar-refractivity contribution in [2.45, 2.75) is 57.2 Å². The number of anilines is 2. The number of benzene rings is 1. The number of pyridine rings is 2. The molecule has 10 heteroatoms. The zero-order chi connectivity index (χ0) is 27.3. The third-order valence-electron chi connectivity index (χ3n) is 7.05. The van der Waals surface area contributed by atoms with Crippen molar-refractivity contribution in [2.75, 3.05) is 22.7 Å². The minimum atomic E-state index is -4.53. The molecule has 0 unspecified atom stereocenters. The number of nitrogens with one attached hydrogen (secondary N) is 1. The molecule has 1 saturated heterocycles. The van der Waals surface area contributed by atoms with Crippen LogP contribution in [0.4, 0.5) is 24.8 Å². The molecule has 0 amide bonds. The summed E-state index contributed by atoms with van der Waals surface area (Å²) in [6, 6.07) is 14.9. The summed E-state index contributed by atoms with van der Waals surface area (Å²) in [5.41, 5.74) is -0.315. The number of aryl methyl sites for hydroxylation is 1. The molecule has 0 aliphatic carbocycles. The highest BCUT2D eigenvalue weighted by Gasteiger charge is 2.41. The number of nitrogens with zero attached hydrogens (tertiary/aromatic N) is 3. The highest BCUT2D eigenvalue weighted by atomic mass is 32.2. The van der Waals surface area contributed by atoms with Gasteiger partial charge in [0.2, 0.25) is 0 Å². The van der Waals surface area contributed by atoms with Gasteiger partial charge in [-0.1, -0.05) is 50.6 Å². The molecule has 0 radical (unpaired) electrons. The van der Waals surface area contributed by atoms with E-state index in [9.17, 15) is 23.1 Å². The van der Waals surface area contributed by atoms with E-state index in [1.807, 2.05) is 32.0 Å². The topological polar surface area (TPSA) is 78.4 Å². The first-order valence-electron chi connectivity index (χ1n) is 12.7. The largest absolute Gasteiger partial charge is 0.481 e. The van der Waals surface area contributed by atoms with E-state index in [-0.39, 0.29) is 5.69 Å². The third-order valence-corrected chi connectivity index (χ3v) is 7.80. The fourth-order valence-corrected chi connectivity index (χ4v) is 5.57. The Bertz CT molecular complexity index is 1280.